The van der Waals surface area contributed by atoms with E-state index in [0.717, 1.165) is 11.1 Å². The fourth-order valence-corrected chi connectivity index (χ4v) is 2.85. The van der Waals surface area contributed by atoms with Crippen molar-refractivity contribution >= 4 is 34.4 Å². The zero-order valence-corrected chi connectivity index (χ0v) is 14.4. The second-order valence-electron chi connectivity index (χ2n) is 5.24. The van der Waals surface area contributed by atoms with Crippen LogP contribution in [0.3, 0.4) is 0 Å². The highest BCUT2D eigenvalue weighted by molar-refractivity contribution is 14.1. The van der Waals surface area contributed by atoms with Crippen LogP contribution in [-0.2, 0) is 13.6 Å². The lowest BCUT2D eigenvalue weighted by Crippen LogP contribution is -2.17. The third kappa shape index (κ3) is 3.30. The molecule has 0 spiro atoms. The molecular weight excluding hydrogens is 389 g/mol. The lowest BCUT2D eigenvalue weighted by atomic mass is 9.99. The fraction of sp³-hybridized carbons (Fsp3) is 0.176. The standard InChI is InChI=1S/C17H16IN3O/c1-21-5-4-12(6-17(21)22)8-19-10-14-11-20-9-13-2-3-15(18)7-16(13)14/h2-7,9-10,19H,8,11H2,1H3/b14-10+. The summed E-state index contributed by atoms with van der Waals surface area (Å²) in [6.45, 7) is 1.30. The number of hydrogen-bond acceptors (Lipinski definition) is 3. The van der Waals surface area contributed by atoms with E-state index in [1.807, 2.05) is 18.5 Å². The molecule has 2 aromatic rings. The number of nitrogens with one attached hydrogen (secondary N) is 1. The minimum Gasteiger partial charge on any atom is -0.387 e. The van der Waals surface area contributed by atoms with Gasteiger partial charge in [-0.05, 0) is 63.1 Å². The van der Waals surface area contributed by atoms with Crippen LogP contribution in [0, 0.1) is 3.57 Å². The van der Waals surface area contributed by atoms with Crippen molar-refractivity contribution in [3.8, 4) is 0 Å². The Balaban J connectivity index is 1.76. The van der Waals surface area contributed by atoms with Gasteiger partial charge in [0.25, 0.3) is 5.56 Å². The van der Waals surface area contributed by atoms with Crippen LogP contribution in [0.5, 0.6) is 0 Å². The number of aromatic nitrogens is 1. The minimum absolute atomic E-state index is 0.00844. The summed E-state index contributed by atoms with van der Waals surface area (Å²) >= 11 is 2.32. The molecule has 1 aliphatic heterocycles. The van der Waals surface area contributed by atoms with Gasteiger partial charge in [0.2, 0.25) is 0 Å². The molecule has 0 atom stereocenters. The molecule has 1 aliphatic rings. The van der Waals surface area contributed by atoms with E-state index in [0.29, 0.717) is 13.1 Å². The lowest BCUT2D eigenvalue weighted by Gasteiger charge is -2.14. The van der Waals surface area contributed by atoms with Crippen molar-refractivity contribution in [1.29, 1.82) is 0 Å². The van der Waals surface area contributed by atoms with Gasteiger partial charge < -0.3 is 9.88 Å². The van der Waals surface area contributed by atoms with Gasteiger partial charge >= 0.3 is 0 Å². The number of halogens is 1. The van der Waals surface area contributed by atoms with Gasteiger partial charge in [0.05, 0.1) is 6.54 Å². The first-order valence-corrected chi connectivity index (χ1v) is 8.09. The normalized spacial score (nSPS) is 14.9. The number of hydrogen-bond donors (Lipinski definition) is 1. The van der Waals surface area contributed by atoms with E-state index in [4.69, 9.17) is 0 Å². The van der Waals surface area contributed by atoms with Crippen molar-refractivity contribution in [3.63, 3.8) is 0 Å². The molecule has 1 aromatic carbocycles. The first-order chi connectivity index (χ1) is 10.6. The molecule has 0 fully saturated rings. The predicted molar refractivity (Wildman–Crippen MR) is 98.1 cm³/mol. The summed E-state index contributed by atoms with van der Waals surface area (Å²) in [7, 11) is 1.75. The molecule has 4 nitrogen and oxygen atoms in total. The van der Waals surface area contributed by atoms with E-state index in [1.165, 1.54) is 14.7 Å². The van der Waals surface area contributed by atoms with Crippen molar-refractivity contribution in [2.45, 2.75) is 6.54 Å². The van der Waals surface area contributed by atoms with Crippen molar-refractivity contribution in [1.82, 2.24) is 9.88 Å². The van der Waals surface area contributed by atoms with E-state index in [-0.39, 0.29) is 5.56 Å². The molecule has 0 saturated carbocycles. The number of fused-ring (bicyclic) bond motifs is 1. The van der Waals surface area contributed by atoms with Crippen LogP contribution in [-0.4, -0.2) is 17.3 Å². The topological polar surface area (TPSA) is 46.4 Å². The van der Waals surface area contributed by atoms with Crippen molar-refractivity contribution < 1.29 is 0 Å². The lowest BCUT2D eigenvalue weighted by molar-refractivity contribution is 0.821. The third-order valence-corrected chi connectivity index (χ3v) is 4.28. The minimum atomic E-state index is 0.00844. The van der Waals surface area contributed by atoms with E-state index in [1.54, 1.807) is 23.9 Å². The zero-order chi connectivity index (χ0) is 15.5. The van der Waals surface area contributed by atoms with E-state index in [2.05, 4.69) is 51.1 Å². The molecule has 0 amide bonds. The van der Waals surface area contributed by atoms with Gasteiger partial charge in [-0.2, -0.15) is 0 Å². The summed E-state index contributed by atoms with van der Waals surface area (Å²) in [6.07, 6.45) is 5.71. The summed E-state index contributed by atoms with van der Waals surface area (Å²) in [5.74, 6) is 0. The van der Waals surface area contributed by atoms with Gasteiger partial charge in [-0.25, -0.2) is 0 Å². The Kier molecular flexibility index (Phi) is 4.42. The summed E-state index contributed by atoms with van der Waals surface area (Å²) in [6, 6.07) is 9.95. The maximum atomic E-state index is 11.6. The number of rotatable bonds is 3. The van der Waals surface area contributed by atoms with E-state index < -0.39 is 0 Å². The van der Waals surface area contributed by atoms with Gasteiger partial charge in [-0.15, -0.1) is 0 Å². The second kappa shape index (κ2) is 6.48. The highest BCUT2D eigenvalue weighted by Crippen LogP contribution is 2.23. The van der Waals surface area contributed by atoms with Crippen molar-refractivity contribution in [2.24, 2.45) is 12.0 Å². The maximum Gasteiger partial charge on any atom is 0.250 e. The van der Waals surface area contributed by atoms with Crippen LogP contribution in [0.4, 0.5) is 0 Å². The van der Waals surface area contributed by atoms with Gasteiger partial charge in [0.1, 0.15) is 0 Å². The van der Waals surface area contributed by atoms with Crippen LogP contribution in [0.25, 0.3) is 5.57 Å². The molecule has 112 valence electrons. The van der Waals surface area contributed by atoms with Crippen molar-refractivity contribution in [2.75, 3.05) is 6.54 Å². The Bertz CT molecular complexity index is 821. The monoisotopic (exact) mass is 405 g/mol. The van der Waals surface area contributed by atoms with E-state index >= 15 is 0 Å². The molecular formula is C17H16IN3O. The maximum absolute atomic E-state index is 11.6. The average Bonchev–Trinajstić information content (AvgIpc) is 2.51. The highest BCUT2D eigenvalue weighted by atomic mass is 127. The Labute approximate surface area is 142 Å². The predicted octanol–water partition coefficient (Wildman–Crippen LogP) is 2.55. The SMILES string of the molecule is Cn1ccc(CN/C=C2\CN=Cc3ccc(I)cc32)cc1=O. The van der Waals surface area contributed by atoms with Gasteiger partial charge in [0, 0.05) is 41.8 Å². The molecule has 0 bridgehead atoms. The zero-order valence-electron chi connectivity index (χ0n) is 12.2. The molecule has 0 aliphatic carbocycles. The Morgan fingerprint density at radius 1 is 1.36 bits per heavy atom. The summed E-state index contributed by atoms with van der Waals surface area (Å²) in [5.41, 5.74) is 4.52. The molecule has 0 radical (unpaired) electrons. The van der Waals surface area contributed by atoms with Gasteiger partial charge in [0.15, 0.2) is 0 Å². The number of pyridine rings is 1. The highest BCUT2D eigenvalue weighted by Gasteiger charge is 2.10. The Hall–Kier alpha value is -1.89. The second-order valence-corrected chi connectivity index (χ2v) is 6.48. The molecule has 2 heterocycles. The van der Waals surface area contributed by atoms with Crippen LogP contribution in [0.15, 0.2) is 52.5 Å². The van der Waals surface area contributed by atoms with Gasteiger partial charge in [-0.3, -0.25) is 9.79 Å². The first-order valence-electron chi connectivity index (χ1n) is 7.01. The Morgan fingerprint density at radius 3 is 3.05 bits per heavy atom. The van der Waals surface area contributed by atoms with E-state index in [9.17, 15) is 4.79 Å². The molecule has 1 aromatic heterocycles. The fourth-order valence-electron chi connectivity index (χ4n) is 2.36. The summed E-state index contributed by atoms with van der Waals surface area (Å²) < 4.78 is 2.78. The Morgan fingerprint density at radius 2 is 2.23 bits per heavy atom. The number of aliphatic imine (C=N–C) groups is 1. The summed E-state index contributed by atoms with van der Waals surface area (Å²) in [4.78, 5) is 16.0. The molecule has 3 rings (SSSR count). The number of nitrogens with zero attached hydrogens (tertiary/aromatic N) is 2. The number of aryl methyl sites for hydroxylation is 1. The quantitative estimate of drug-likeness (QED) is 0.799. The van der Waals surface area contributed by atoms with Gasteiger partial charge in [-0.1, -0.05) is 6.07 Å². The smallest absolute Gasteiger partial charge is 0.250 e. The molecule has 5 heteroatoms. The van der Waals surface area contributed by atoms with Crippen LogP contribution < -0.4 is 10.9 Å². The van der Waals surface area contributed by atoms with Crippen molar-refractivity contribution in [3.05, 3.63) is 73.3 Å². The van der Waals surface area contributed by atoms with Crippen LogP contribution >= 0.6 is 22.6 Å². The first kappa shape index (κ1) is 15.0. The molecule has 22 heavy (non-hydrogen) atoms. The molecule has 0 unspecified atom stereocenters. The van der Waals surface area contributed by atoms with Crippen LogP contribution in [0.1, 0.15) is 16.7 Å². The molecule has 1 N–H and O–H groups in total. The third-order valence-electron chi connectivity index (χ3n) is 3.60. The molecule has 0 saturated heterocycles. The number of benzene rings is 1. The van der Waals surface area contributed by atoms with Crippen LogP contribution in [0.2, 0.25) is 0 Å². The largest absolute Gasteiger partial charge is 0.387 e. The average molecular weight is 405 g/mol. The summed E-state index contributed by atoms with van der Waals surface area (Å²) in [5, 5.41) is 3.29.